The van der Waals surface area contributed by atoms with E-state index in [1.165, 1.54) is 321 Å². The number of aliphatic hydroxyl groups is 5. The predicted molar refractivity (Wildman–Crippen MR) is 350 cm³/mol. The number of hydrogen-bond acceptors (Lipinski definition) is 8. The van der Waals surface area contributed by atoms with Crippen molar-refractivity contribution in [2.24, 2.45) is 0 Å². The summed E-state index contributed by atoms with van der Waals surface area (Å²) in [5.74, 6) is -0.177. The molecule has 7 unspecified atom stereocenters. The summed E-state index contributed by atoms with van der Waals surface area (Å²) < 4.78 is 11.3. The quantitative estimate of drug-likeness (QED) is 0.0261. The van der Waals surface area contributed by atoms with Gasteiger partial charge in [0.2, 0.25) is 5.91 Å². The van der Waals surface area contributed by atoms with Crippen LogP contribution in [-0.2, 0) is 14.3 Å². The number of nitrogens with one attached hydrogen (secondary N) is 1. The highest BCUT2D eigenvalue weighted by Crippen LogP contribution is 2.24. The van der Waals surface area contributed by atoms with E-state index in [-0.39, 0.29) is 12.5 Å². The van der Waals surface area contributed by atoms with E-state index in [9.17, 15) is 30.3 Å². The van der Waals surface area contributed by atoms with Crippen molar-refractivity contribution in [3.8, 4) is 0 Å². The maximum atomic E-state index is 13.1. The number of amides is 1. The van der Waals surface area contributed by atoms with E-state index in [1.54, 1.807) is 6.08 Å². The molecule has 6 N–H and O–H groups in total. The Kier molecular flexibility index (Phi) is 60.2. The third kappa shape index (κ3) is 50.8. The lowest BCUT2D eigenvalue weighted by atomic mass is 9.99. The van der Waals surface area contributed by atoms with Crippen LogP contribution in [0.25, 0.3) is 0 Å². The van der Waals surface area contributed by atoms with Crippen LogP contribution >= 0.6 is 0 Å². The van der Waals surface area contributed by atoms with Gasteiger partial charge in [0.15, 0.2) is 6.29 Å². The van der Waals surface area contributed by atoms with Crippen molar-refractivity contribution >= 4 is 5.91 Å². The third-order valence-corrected chi connectivity index (χ3v) is 17.8. The summed E-state index contributed by atoms with van der Waals surface area (Å²) in [5, 5.41) is 54.7. The van der Waals surface area contributed by atoms with Gasteiger partial charge in [-0.15, -0.1) is 0 Å². The summed E-state index contributed by atoms with van der Waals surface area (Å²) >= 11 is 0. The molecular weight excluding hydrogens is 1020 g/mol. The van der Waals surface area contributed by atoms with Crippen molar-refractivity contribution in [1.29, 1.82) is 0 Å². The fourth-order valence-corrected chi connectivity index (χ4v) is 12.1. The molecule has 0 aliphatic carbocycles. The minimum absolute atomic E-state index is 0.177. The minimum atomic E-state index is -1.57. The normalized spacial score (nSPS) is 18.4. The number of rotatable bonds is 65. The standard InChI is InChI=1S/C73H141NO8/c1-3-5-7-9-11-13-15-17-19-21-23-25-27-28-29-30-31-32-33-34-35-36-37-38-39-41-43-45-47-49-51-53-55-57-59-61-63-69(77)74-66(65-81-73-72(80)71(79)70(78)68(64-75)82-73)67(76)62-60-58-56-54-52-50-48-46-44-42-40-26-24-22-20-18-16-14-12-10-8-6-4-2/h52,54,60,62,66-68,70-73,75-76,78-80H,3-51,53,55-59,61,63-65H2,1-2H3,(H,74,77)/b54-52+,62-60+. The van der Waals surface area contributed by atoms with Crippen LogP contribution in [0.15, 0.2) is 24.3 Å². The van der Waals surface area contributed by atoms with Crippen molar-refractivity contribution in [2.45, 2.75) is 423 Å². The van der Waals surface area contributed by atoms with E-state index < -0.39 is 49.5 Å². The molecule has 0 aromatic rings. The molecule has 0 saturated carbocycles. The molecule has 0 radical (unpaired) electrons. The highest BCUT2D eigenvalue weighted by atomic mass is 16.7. The van der Waals surface area contributed by atoms with E-state index >= 15 is 0 Å². The minimum Gasteiger partial charge on any atom is -0.394 e. The maximum absolute atomic E-state index is 13.1. The first-order valence-electron chi connectivity index (χ1n) is 36.6. The number of allylic oxidation sites excluding steroid dienone is 3. The molecule has 1 aliphatic rings. The lowest BCUT2D eigenvalue weighted by molar-refractivity contribution is -0.302. The fourth-order valence-electron chi connectivity index (χ4n) is 12.1. The van der Waals surface area contributed by atoms with Crippen LogP contribution in [-0.4, -0.2) is 87.5 Å². The van der Waals surface area contributed by atoms with Crippen molar-refractivity contribution < 1.29 is 39.8 Å². The molecule has 486 valence electrons. The van der Waals surface area contributed by atoms with Crippen molar-refractivity contribution in [3.05, 3.63) is 24.3 Å². The second-order valence-corrected chi connectivity index (χ2v) is 25.7. The Balaban J connectivity index is 2.08. The van der Waals surface area contributed by atoms with Crippen LogP contribution in [0.1, 0.15) is 380 Å². The molecular formula is C73H141NO8. The van der Waals surface area contributed by atoms with Gasteiger partial charge in [0.05, 0.1) is 25.4 Å². The van der Waals surface area contributed by atoms with Crippen molar-refractivity contribution in [2.75, 3.05) is 13.2 Å². The van der Waals surface area contributed by atoms with Crippen LogP contribution in [0.2, 0.25) is 0 Å². The zero-order valence-electron chi connectivity index (χ0n) is 54.5. The average molecular weight is 1160 g/mol. The molecule has 9 heteroatoms. The first kappa shape index (κ1) is 78.7. The second-order valence-electron chi connectivity index (χ2n) is 25.7. The van der Waals surface area contributed by atoms with E-state index in [2.05, 4.69) is 31.3 Å². The Morgan fingerprint density at radius 1 is 0.402 bits per heavy atom. The molecule has 1 amide bonds. The van der Waals surface area contributed by atoms with Gasteiger partial charge in [-0.3, -0.25) is 4.79 Å². The lowest BCUT2D eigenvalue weighted by Crippen LogP contribution is -2.60. The Morgan fingerprint density at radius 2 is 0.695 bits per heavy atom. The van der Waals surface area contributed by atoms with E-state index in [4.69, 9.17) is 9.47 Å². The highest BCUT2D eigenvalue weighted by Gasteiger charge is 2.44. The number of carbonyl (C=O) groups excluding carboxylic acids is 1. The molecule has 1 saturated heterocycles. The van der Waals surface area contributed by atoms with Gasteiger partial charge in [-0.05, 0) is 32.1 Å². The molecule has 1 fully saturated rings. The van der Waals surface area contributed by atoms with Gasteiger partial charge in [0.1, 0.15) is 24.4 Å². The number of hydrogen-bond donors (Lipinski definition) is 6. The zero-order chi connectivity index (χ0) is 59.3. The monoisotopic (exact) mass is 1160 g/mol. The molecule has 1 rings (SSSR count). The molecule has 7 atom stereocenters. The van der Waals surface area contributed by atoms with E-state index in [0.29, 0.717) is 6.42 Å². The topological polar surface area (TPSA) is 149 Å². The number of carbonyl (C=O) groups is 1. The van der Waals surface area contributed by atoms with Crippen molar-refractivity contribution in [1.82, 2.24) is 5.32 Å². The number of ether oxygens (including phenoxy) is 2. The summed E-state index contributed by atoms with van der Waals surface area (Å²) in [5.41, 5.74) is 0. The van der Waals surface area contributed by atoms with Crippen LogP contribution in [0.5, 0.6) is 0 Å². The van der Waals surface area contributed by atoms with Crippen LogP contribution < -0.4 is 5.32 Å². The second kappa shape index (κ2) is 62.7. The van der Waals surface area contributed by atoms with E-state index in [0.717, 1.165) is 38.5 Å². The lowest BCUT2D eigenvalue weighted by Gasteiger charge is -2.40. The molecule has 0 aromatic heterocycles. The van der Waals surface area contributed by atoms with Crippen LogP contribution in [0.3, 0.4) is 0 Å². The van der Waals surface area contributed by atoms with E-state index in [1.807, 2.05) is 6.08 Å². The Bertz CT molecular complexity index is 1340. The number of unbranched alkanes of at least 4 members (excludes halogenated alkanes) is 53. The SMILES string of the molecule is CCCCCCCCCCCCCCCCCCC/C=C/CC/C=C/C(O)C(COC1OC(CO)C(O)C(O)C1O)NC(=O)CCCCCCCCCCCCCCCCCCCCCCCCCCCCCCCCCCCCCC. The molecule has 1 aliphatic heterocycles. The summed E-state index contributed by atoms with van der Waals surface area (Å²) in [4.78, 5) is 13.1. The van der Waals surface area contributed by atoms with Gasteiger partial charge in [-0.25, -0.2) is 0 Å². The fraction of sp³-hybridized carbons (Fsp3) is 0.932. The first-order chi connectivity index (χ1) is 40.3. The highest BCUT2D eigenvalue weighted by molar-refractivity contribution is 5.76. The summed E-state index contributed by atoms with van der Waals surface area (Å²) in [6, 6.07) is -0.820. The maximum Gasteiger partial charge on any atom is 0.220 e. The van der Waals surface area contributed by atoms with Crippen LogP contribution in [0, 0.1) is 0 Å². The van der Waals surface area contributed by atoms with Gasteiger partial charge < -0.3 is 40.3 Å². The third-order valence-electron chi connectivity index (χ3n) is 17.8. The van der Waals surface area contributed by atoms with Gasteiger partial charge >= 0.3 is 0 Å². The largest absolute Gasteiger partial charge is 0.394 e. The summed E-state index contributed by atoms with van der Waals surface area (Å²) in [6.07, 6.45) is 76.0. The molecule has 1 heterocycles. The summed E-state index contributed by atoms with van der Waals surface area (Å²) in [7, 11) is 0. The molecule has 0 spiro atoms. The van der Waals surface area contributed by atoms with Crippen LogP contribution in [0.4, 0.5) is 0 Å². The Labute approximate surface area is 509 Å². The molecule has 0 bridgehead atoms. The molecule has 0 aromatic carbocycles. The average Bonchev–Trinajstić information content (AvgIpc) is 3.59. The van der Waals surface area contributed by atoms with Gasteiger partial charge in [0.25, 0.3) is 0 Å². The predicted octanol–water partition coefficient (Wildman–Crippen LogP) is 20.0. The van der Waals surface area contributed by atoms with Gasteiger partial charge in [-0.2, -0.15) is 0 Å². The Hall–Kier alpha value is -1.33. The Morgan fingerprint density at radius 3 is 1.02 bits per heavy atom. The van der Waals surface area contributed by atoms with Crippen molar-refractivity contribution in [3.63, 3.8) is 0 Å². The number of aliphatic hydroxyl groups excluding tert-OH is 5. The smallest absolute Gasteiger partial charge is 0.220 e. The summed E-state index contributed by atoms with van der Waals surface area (Å²) in [6.45, 7) is 3.83. The molecule has 82 heavy (non-hydrogen) atoms. The van der Waals surface area contributed by atoms with Gasteiger partial charge in [0, 0.05) is 6.42 Å². The molecule has 9 nitrogen and oxygen atoms in total. The first-order valence-corrected chi connectivity index (χ1v) is 36.6. The zero-order valence-corrected chi connectivity index (χ0v) is 54.5. The van der Waals surface area contributed by atoms with Gasteiger partial charge in [-0.1, -0.05) is 366 Å².